The summed E-state index contributed by atoms with van der Waals surface area (Å²) in [5.41, 5.74) is -1.64. The van der Waals surface area contributed by atoms with Crippen molar-refractivity contribution < 1.29 is 46.4 Å². The number of alkyl halides is 3. The molecule has 0 fully saturated rings. The second-order valence-electron chi connectivity index (χ2n) is 8.09. The fourth-order valence-electron chi connectivity index (χ4n) is 4.09. The first kappa shape index (κ1) is 25.7. The van der Waals surface area contributed by atoms with Crippen molar-refractivity contribution in [3.63, 3.8) is 0 Å². The average molecular weight is 521 g/mol. The second-order valence-corrected chi connectivity index (χ2v) is 8.09. The molecule has 2 heterocycles. The van der Waals surface area contributed by atoms with E-state index in [2.05, 4.69) is 5.32 Å². The number of rotatable bonds is 7. The maximum atomic E-state index is 13.1. The van der Waals surface area contributed by atoms with Crippen LogP contribution in [-0.2, 0) is 11.0 Å². The maximum absolute atomic E-state index is 13.1. The molecule has 37 heavy (non-hydrogen) atoms. The highest BCUT2D eigenvalue weighted by Crippen LogP contribution is 2.52. The zero-order chi connectivity index (χ0) is 26.9. The fraction of sp³-hybridized carbons (Fsp3) is 0.280. The standard InChI is InChI=1S/C25H22F3NO8/c1-12-8-17(30)20(24(32)37-12)15(10-19(31)29-14-6-4-13(5-7-14)25(26,27)28)16-9-18(33-2)22-23(21(16)34-3)36-11-35-22/h4-9,15,30H,10-11H2,1-3H3,(H,29,31)/t15-/m0/s1. The highest BCUT2D eigenvalue weighted by molar-refractivity contribution is 5.92. The number of ether oxygens (including phenoxy) is 4. The Morgan fingerprint density at radius 1 is 1.11 bits per heavy atom. The van der Waals surface area contributed by atoms with Gasteiger partial charge in [0.2, 0.25) is 24.2 Å². The lowest BCUT2D eigenvalue weighted by Gasteiger charge is -2.22. The number of nitrogens with one attached hydrogen (secondary N) is 1. The molecule has 0 saturated heterocycles. The minimum Gasteiger partial charge on any atom is -0.507 e. The van der Waals surface area contributed by atoms with E-state index in [0.717, 1.165) is 24.3 Å². The lowest BCUT2D eigenvalue weighted by Crippen LogP contribution is -2.21. The van der Waals surface area contributed by atoms with E-state index in [0.29, 0.717) is 0 Å². The van der Waals surface area contributed by atoms with Gasteiger partial charge in [-0.1, -0.05) is 0 Å². The van der Waals surface area contributed by atoms with Crippen LogP contribution in [0.15, 0.2) is 45.6 Å². The van der Waals surface area contributed by atoms with Crippen molar-refractivity contribution in [3.05, 3.63) is 69.3 Å². The molecule has 9 nitrogen and oxygen atoms in total. The SMILES string of the molecule is COc1cc([C@H](CC(=O)Nc2ccc(C(F)(F)F)cc2)c2c(O)cc(C)oc2=O)c(OC)c2c1OCO2. The number of aryl methyl sites for hydroxylation is 1. The Morgan fingerprint density at radius 2 is 1.78 bits per heavy atom. The molecule has 0 saturated carbocycles. The number of fused-ring (bicyclic) bond motifs is 1. The highest BCUT2D eigenvalue weighted by Gasteiger charge is 2.35. The monoisotopic (exact) mass is 521 g/mol. The molecule has 1 aromatic heterocycles. The Labute approximate surface area is 208 Å². The summed E-state index contributed by atoms with van der Waals surface area (Å²) in [7, 11) is 2.74. The number of aromatic hydroxyl groups is 1. The van der Waals surface area contributed by atoms with Gasteiger partial charge in [0, 0.05) is 29.7 Å². The average Bonchev–Trinajstić information content (AvgIpc) is 3.31. The molecule has 12 heteroatoms. The second kappa shape index (κ2) is 9.96. The van der Waals surface area contributed by atoms with Crippen molar-refractivity contribution in [1.82, 2.24) is 0 Å². The highest BCUT2D eigenvalue weighted by atomic mass is 19.4. The Kier molecular flexibility index (Phi) is 6.92. The van der Waals surface area contributed by atoms with Crippen LogP contribution in [0, 0.1) is 6.92 Å². The van der Waals surface area contributed by atoms with Gasteiger partial charge in [0.25, 0.3) is 0 Å². The number of carbonyl (C=O) groups excluding carboxylic acids is 1. The van der Waals surface area contributed by atoms with Gasteiger partial charge < -0.3 is 33.8 Å². The van der Waals surface area contributed by atoms with Gasteiger partial charge in [-0.25, -0.2) is 4.79 Å². The summed E-state index contributed by atoms with van der Waals surface area (Å²) in [5, 5.41) is 13.2. The van der Waals surface area contributed by atoms with Crippen molar-refractivity contribution in [3.8, 4) is 28.7 Å². The van der Waals surface area contributed by atoms with E-state index in [1.807, 2.05) is 0 Å². The van der Waals surface area contributed by atoms with Crippen LogP contribution in [0.25, 0.3) is 0 Å². The molecule has 0 aliphatic carbocycles. The van der Waals surface area contributed by atoms with Crippen molar-refractivity contribution in [1.29, 1.82) is 0 Å². The van der Waals surface area contributed by atoms with E-state index >= 15 is 0 Å². The molecule has 2 N–H and O–H groups in total. The van der Waals surface area contributed by atoms with Crippen LogP contribution in [0.1, 0.15) is 34.8 Å². The summed E-state index contributed by atoms with van der Waals surface area (Å²) >= 11 is 0. The quantitative estimate of drug-likeness (QED) is 0.464. The van der Waals surface area contributed by atoms with Gasteiger partial charge in [0.05, 0.1) is 25.3 Å². The van der Waals surface area contributed by atoms with Gasteiger partial charge in [0.1, 0.15) is 11.5 Å². The molecule has 0 radical (unpaired) electrons. The molecule has 0 unspecified atom stereocenters. The number of benzene rings is 2. The van der Waals surface area contributed by atoms with Crippen LogP contribution in [0.2, 0.25) is 0 Å². The van der Waals surface area contributed by atoms with Gasteiger partial charge in [-0.05, 0) is 37.3 Å². The van der Waals surface area contributed by atoms with Gasteiger partial charge in [-0.15, -0.1) is 0 Å². The van der Waals surface area contributed by atoms with Gasteiger partial charge in [-0.3, -0.25) is 4.79 Å². The molecular weight excluding hydrogens is 499 g/mol. The number of halogens is 3. The Morgan fingerprint density at radius 3 is 2.38 bits per heavy atom. The summed E-state index contributed by atoms with van der Waals surface area (Å²) in [6.07, 6.45) is -4.96. The molecule has 0 bridgehead atoms. The molecule has 2 aromatic carbocycles. The Bertz CT molecular complexity index is 1380. The molecule has 4 rings (SSSR count). The molecule has 196 valence electrons. The van der Waals surface area contributed by atoms with Crippen molar-refractivity contribution in [2.75, 3.05) is 26.3 Å². The van der Waals surface area contributed by atoms with Crippen molar-refractivity contribution >= 4 is 11.6 Å². The summed E-state index contributed by atoms with van der Waals surface area (Å²) in [6.45, 7) is 1.35. The molecule has 1 aliphatic heterocycles. The van der Waals surface area contributed by atoms with Crippen LogP contribution in [-0.4, -0.2) is 32.0 Å². The number of anilines is 1. The molecule has 1 atom stereocenters. The summed E-state index contributed by atoms with van der Waals surface area (Å²) in [6, 6.07) is 6.60. The topological polar surface area (TPSA) is 116 Å². The first-order valence-electron chi connectivity index (χ1n) is 10.9. The van der Waals surface area contributed by atoms with Crippen LogP contribution < -0.4 is 29.9 Å². The van der Waals surface area contributed by atoms with Gasteiger partial charge in [-0.2, -0.15) is 13.2 Å². The molecule has 0 spiro atoms. The summed E-state index contributed by atoms with van der Waals surface area (Å²) < 4.78 is 65.7. The zero-order valence-corrected chi connectivity index (χ0v) is 19.9. The van der Waals surface area contributed by atoms with Gasteiger partial charge in [0.15, 0.2) is 11.5 Å². The molecular formula is C25H22F3NO8. The van der Waals surface area contributed by atoms with E-state index in [1.165, 1.54) is 33.3 Å². The van der Waals surface area contributed by atoms with Crippen LogP contribution in [0.5, 0.6) is 28.7 Å². The maximum Gasteiger partial charge on any atom is 0.416 e. The van der Waals surface area contributed by atoms with Crippen molar-refractivity contribution in [2.45, 2.75) is 25.4 Å². The normalized spacial score (nSPS) is 13.2. The van der Waals surface area contributed by atoms with Crippen LogP contribution >= 0.6 is 0 Å². The third kappa shape index (κ3) is 5.13. The minimum absolute atomic E-state index is 0.104. The molecule has 3 aromatic rings. The molecule has 1 amide bonds. The lowest BCUT2D eigenvalue weighted by molar-refractivity contribution is -0.137. The number of amides is 1. The number of hydrogen-bond acceptors (Lipinski definition) is 8. The first-order chi connectivity index (χ1) is 17.5. The minimum atomic E-state index is -4.53. The fourth-order valence-corrected chi connectivity index (χ4v) is 4.09. The third-order valence-corrected chi connectivity index (χ3v) is 5.71. The van der Waals surface area contributed by atoms with E-state index in [1.54, 1.807) is 0 Å². The third-order valence-electron chi connectivity index (χ3n) is 5.71. The van der Waals surface area contributed by atoms with E-state index in [4.69, 9.17) is 23.4 Å². The van der Waals surface area contributed by atoms with Crippen LogP contribution in [0.4, 0.5) is 18.9 Å². The van der Waals surface area contributed by atoms with Crippen molar-refractivity contribution in [2.24, 2.45) is 0 Å². The van der Waals surface area contributed by atoms with Gasteiger partial charge >= 0.3 is 11.8 Å². The summed E-state index contributed by atoms with van der Waals surface area (Å²) in [4.78, 5) is 25.9. The van der Waals surface area contributed by atoms with E-state index < -0.39 is 41.4 Å². The van der Waals surface area contributed by atoms with Crippen LogP contribution in [0.3, 0.4) is 0 Å². The predicted molar refractivity (Wildman–Crippen MR) is 124 cm³/mol. The number of methoxy groups -OCH3 is 2. The molecule has 1 aliphatic rings. The zero-order valence-electron chi connectivity index (χ0n) is 19.9. The number of hydrogen-bond donors (Lipinski definition) is 2. The van der Waals surface area contributed by atoms with E-state index in [-0.39, 0.29) is 52.4 Å². The summed E-state index contributed by atoms with van der Waals surface area (Å²) in [5.74, 6) is -1.26. The Balaban J connectivity index is 1.77. The Hall–Kier alpha value is -4.35. The predicted octanol–water partition coefficient (Wildman–Crippen LogP) is 4.58. The first-order valence-corrected chi connectivity index (χ1v) is 10.9. The largest absolute Gasteiger partial charge is 0.507 e. The number of carbonyl (C=O) groups is 1. The van der Waals surface area contributed by atoms with E-state index in [9.17, 15) is 27.9 Å². The smallest absolute Gasteiger partial charge is 0.416 e. The lowest BCUT2D eigenvalue weighted by atomic mass is 9.87.